The third kappa shape index (κ3) is 3.33. The van der Waals surface area contributed by atoms with E-state index in [-0.39, 0.29) is 17.4 Å². The Morgan fingerprint density at radius 1 is 1.25 bits per heavy atom. The summed E-state index contributed by atoms with van der Waals surface area (Å²) < 4.78 is 5.42. The number of hydrogen-bond acceptors (Lipinski definition) is 5. The second-order valence-corrected chi connectivity index (χ2v) is 7.35. The molecule has 0 radical (unpaired) electrons. The molecule has 0 aliphatic carbocycles. The lowest BCUT2D eigenvalue weighted by Crippen LogP contribution is -2.43. The van der Waals surface area contributed by atoms with Gasteiger partial charge >= 0.3 is 0 Å². The largest absolute Gasteiger partial charge is 0.339 e. The van der Waals surface area contributed by atoms with Gasteiger partial charge in [-0.15, -0.1) is 0 Å². The van der Waals surface area contributed by atoms with Crippen LogP contribution in [0, 0.1) is 0 Å². The molecule has 24 heavy (non-hydrogen) atoms. The molecular formula is C18H24N4O2. The van der Waals surface area contributed by atoms with Crippen LogP contribution in [-0.4, -0.2) is 40.1 Å². The molecule has 1 aliphatic heterocycles. The quantitative estimate of drug-likeness (QED) is 0.916. The predicted octanol–water partition coefficient (Wildman–Crippen LogP) is 2.60. The van der Waals surface area contributed by atoms with Gasteiger partial charge in [-0.2, -0.15) is 4.98 Å². The van der Waals surface area contributed by atoms with E-state index in [1.54, 1.807) is 0 Å². The molecule has 6 nitrogen and oxygen atoms in total. The van der Waals surface area contributed by atoms with Crippen molar-refractivity contribution in [2.75, 3.05) is 13.1 Å². The van der Waals surface area contributed by atoms with E-state index in [0.29, 0.717) is 35.9 Å². The highest BCUT2D eigenvalue weighted by Crippen LogP contribution is 2.27. The maximum Gasteiger partial charge on any atom is 0.258 e. The Kier molecular flexibility index (Phi) is 4.41. The van der Waals surface area contributed by atoms with Crippen LogP contribution in [0.2, 0.25) is 0 Å². The molecule has 0 atom stereocenters. The number of carbonyl (C=O) groups is 1. The van der Waals surface area contributed by atoms with Crippen molar-refractivity contribution in [2.24, 2.45) is 5.73 Å². The smallest absolute Gasteiger partial charge is 0.258 e. The number of benzene rings is 1. The normalized spacial score (nSPS) is 16.4. The van der Waals surface area contributed by atoms with Crippen molar-refractivity contribution < 1.29 is 9.32 Å². The highest BCUT2D eigenvalue weighted by Gasteiger charge is 2.27. The van der Waals surface area contributed by atoms with Gasteiger partial charge in [-0.25, -0.2) is 0 Å². The molecule has 2 aromatic rings. The monoisotopic (exact) mass is 328 g/mol. The third-order valence-electron chi connectivity index (χ3n) is 4.31. The Morgan fingerprint density at radius 3 is 2.54 bits per heavy atom. The predicted molar refractivity (Wildman–Crippen MR) is 91.5 cm³/mol. The van der Waals surface area contributed by atoms with Crippen molar-refractivity contribution in [3.8, 4) is 11.5 Å². The fourth-order valence-corrected chi connectivity index (χ4v) is 2.77. The lowest BCUT2D eigenvalue weighted by Gasteiger charge is -2.30. The number of hydrogen-bond donors (Lipinski definition) is 1. The molecule has 1 aromatic heterocycles. The zero-order chi connectivity index (χ0) is 17.3. The summed E-state index contributed by atoms with van der Waals surface area (Å²) in [5.74, 6) is 1.01. The van der Waals surface area contributed by atoms with Crippen molar-refractivity contribution in [1.29, 1.82) is 0 Å². The van der Waals surface area contributed by atoms with E-state index in [9.17, 15) is 4.79 Å². The molecule has 0 unspecified atom stereocenters. The maximum atomic E-state index is 12.9. The molecule has 2 N–H and O–H groups in total. The number of aromatic nitrogens is 2. The van der Waals surface area contributed by atoms with E-state index >= 15 is 0 Å². The Labute approximate surface area is 142 Å². The molecule has 0 saturated carbocycles. The van der Waals surface area contributed by atoms with E-state index in [2.05, 4.69) is 10.1 Å². The topological polar surface area (TPSA) is 85.2 Å². The van der Waals surface area contributed by atoms with Crippen LogP contribution in [0.4, 0.5) is 0 Å². The summed E-state index contributed by atoms with van der Waals surface area (Å²) in [6.07, 6.45) is 1.67. The Balaban J connectivity index is 1.91. The van der Waals surface area contributed by atoms with Gasteiger partial charge in [0, 0.05) is 24.5 Å². The minimum Gasteiger partial charge on any atom is -0.339 e. The Hall–Kier alpha value is -2.21. The summed E-state index contributed by atoms with van der Waals surface area (Å²) in [6, 6.07) is 7.58. The van der Waals surface area contributed by atoms with Gasteiger partial charge < -0.3 is 15.2 Å². The summed E-state index contributed by atoms with van der Waals surface area (Å²) >= 11 is 0. The van der Waals surface area contributed by atoms with E-state index in [4.69, 9.17) is 10.3 Å². The van der Waals surface area contributed by atoms with Gasteiger partial charge in [-0.1, -0.05) is 38.1 Å². The minimum absolute atomic E-state index is 0.00647. The van der Waals surface area contributed by atoms with Crippen molar-refractivity contribution in [3.05, 3.63) is 35.7 Å². The molecule has 1 aliphatic rings. The summed E-state index contributed by atoms with van der Waals surface area (Å²) in [5.41, 5.74) is 7.00. The van der Waals surface area contributed by atoms with Gasteiger partial charge in [-0.3, -0.25) is 4.79 Å². The van der Waals surface area contributed by atoms with Crippen LogP contribution in [-0.2, 0) is 5.41 Å². The van der Waals surface area contributed by atoms with Gasteiger partial charge in [0.25, 0.3) is 11.8 Å². The van der Waals surface area contributed by atoms with Gasteiger partial charge in [0.05, 0.1) is 11.1 Å². The number of nitrogens with two attached hydrogens (primary N) is 1. The molecule has 0 bridgehead atoms. The number of nitrogens with zero attached hydrogens (tertiary/aromatic N) is 3. The Bertz CT molecular complexity index is 725. The molecule has 0 spiro atoms. The lowest BCUT2D eigenvalue weighted by molar-refractivity contribution is 0.0715. The van der Waals surface area contributed by atoms with Crippen LogP contribution in [0.15, 0.2) is 28.8 Å². The maximum absolute atomic E-state index is 12.9. The highest BCUT2D eigenvalue weighted by molar-refractivity contribution is 6.00. The second-order valence-electron chi connectivity index (χ2n) is 7.35. The molecule has 1 fully saturated rings. The van der Waals surface area contributed by atoms with Gasteiger partial charge in [0.15, 0.2) is 5.82 Å². The fraction of sp³-hybridized carbons (Fsp3) is 0.500. The van der Waals surface area contributed by atoms with Gasteiger partial charge in [0.2, 0.25) is 0 Å². The molecule has 128 valence electrons. The van der Waals surface area contributed by atoms with Crippen LogP contribution >= 0.6 is 0 Å². The summed E-state index contributed by atoms with van der Waals surface area (Å²) in [7, 11) is 0. The van der Waals surface area contributed by atoms with E-state index < -0.39 is 0 Å². The third-order valence-corrected chi connectivity index (χ3v) is 4.31. The van der Waals surface area contributed by atoms with Crippen molar-refractivity contribution in [3.63, 3.8) is 0 Å². The highest BCUT2D eigenvalue weighted by atomic mass is 16.5. The molecular weight excluding hydrogens is 304 g/mol. The van der Waals surface area contributed by atoms with Crippen LogP contribution in [0.5, 0.6) is 0 Å². The standard InChI is InChI=1S/C18H24N4O2/c1-18(2,3)17-20-15(24-21-17)13-6-4-5-7-14(13)16(23)22-10-8-12(19)9-11-22/h4-7,12H,8-11,19H2,1-3H3. The number of amides is 1. The van der Waals surface area contributed by atoms with Crippen LogP contribution in [0.25, 0.3) is 11.5 Å². The summed E-state index contributed by atoms with van der Waals surface area (Å²) in [6.45, 7) is 7.44. The summed E-state index contributed by atoms with van der Waals surface area (Å²) in [5, 5.41) is 4.06. The van der Waals surface area contributed by atoms with E-state index in [1.165, 1.54) is 0 Å². The number of likely N-dealkylation sites (tertiary alicyclic amines) is 1. The zero-order valence-electron chi connectivity index (χ0n) is 14.5. The van der Waals surface area contributed by atoms with E-state index in [1.807, 2.05) is 49.9 Å². The second kappa shape index (κ2) is 6.36. The Morgan fingerprint density at radius 2 is 1.92 bits per heavy atom. The first-order valence-electron chi connectivity index (χ1n) is 8.34. The molecule has 3 rings (SSSR count). The summed E-state index contributed by atoms with van der Waals surface area (Å²) in [4.78, 5) is 19.2. The molecule has 1 amide bonds. The zero-order valence-corrected chi connectivity index (χ0v) is 14.5. The molecule has 2 heterocycles. The first kappa shape index (κ1) is 16.6. The number of rotatable bonds is 2. The molecule has 1 aromatic carbocycles. The average molecular weight is 328 g/mol. The van der Waals surface area contributed by atoms with Crippen molar-refractivity contribution >= 4 is 5.91 Å². The van der Waals surface area contributed by atoms with Gasteiger partial charge in [-0.05, 0) is 25.0 Å². The number of carbonyl (C=O) groups excluding carboxylic acids is 1. The van der Waals surface area contributed by atoms with Crippen LogP contribution in [0.1, 0.15) is 49.8 Å². The minimum atomic E-state index is -0.205. The average Bonchev–Trinajstić information content (AvgIpc) is 3.05. The van der Waals surface area contributed by atoms with E-state index in [0.717, 1.165) is 12.8 Å². The lowest BCUT2D eigenvalue weighted by atomic mass is 9.96. The van der Waals surface area contributed by atoms with Crippen molar-refractivity contribution in [1.82, 2.24) is 15.0 Å². The van der Waals surface area contributed by atoms with Crippen LogP contribution in [0.3, 0.4) is 0 Å². The first-order valence-corrected chi connectivity index (χ1v) is 8.34. The fourth-order valence-electron chi connectivity index (χ4n) is 2.77. The molecule has 6 heteroatoms. The van der Waals surface area contributed by atoms with Crippen molar-refractivity contribution in [2.45, 2.75) is 45.1 Å². The first-order chi connectivity index (χ1) is 11.4. The molecule has 1 saturated heterocycles. The van der Waals surface area contributed by atoms with Crippen LogP contribution < -0.4 is 5.73 Å². The van der Waals surface area contributed by atoms with Gasteiger partial charge in [0.1, 0.15) is 0 Å². The SMILES string of the molecule is CC(C)(C)c1noc(-c2ccccc2C(=O)N2CCC(N)CC2)n1. The number of piperidine rings is 1.